The Hall–Kier alpha value is -1.58. The van der Waals surface area contributed by atoms with E-state index in [1.165, 1.54) is 48.2 Å². The number of fused-ring (bicyclic) bond motifs is 2. The first-order chi connectivity index (χ1) is 13.6. The Morgan fingerprint density at radius 1 is 0.759 bits per heavy atom. The smallest absolute Gasteiger partial charge is 0.148 e. The second-order valence-electron chi connectivity index (χ2n) is 11.0. The van der Waals surface area contributed by atoms with Crippen molar-refractivity contribution in [3.63, 3.8) is 0 Å². The van der Waals surface area contributed by atoms with Gasteiger partial charge in [0.1, 0.15) is 5.66 Å². The first-order valence-corrected chi connectivity index (χ1v) is 11.8. The topological polar surface area (TPSA) is 35.6 Å². The molecule has 4 rings (SSSR count). The quantitative estimate of drug-likeness (QED) is 0.584. The fourth-order valence-corrected chi connectivity index (χ4v) is 5.54. The van der Waals surface area contributed by atoms with E-state index in [4.69, 9.17) is 10.2 Å². The Kier molecular flexibility index (Phi) is 5.19. The van der Waals surface area contributed by atoms with Gasteiger partial charge in [-0.2, -0.15) is 10.2 Å². The normalized spacial score (nSPS) is 27.4. The third-order valence-corrected chi connectivity index (χ3v) is 7.86. The van der Waals surface area contributed by atoms with Gasteiger partial charge < -0.3 is 0 Å². The molecule has 2 heterocycles. The van der Waals surface area contributed by atoms with Crippen LogP contribution in [0.15, 0.2) is 12.4 Å². The van der Waals surface area contributed by atoms with E-state index in [1.54, 1.807) is 0 Å². The Labute approximate surface area is 177 Å². The summed E-state index contributed by atoms with van der Waals surface area (Å²) in [6.07, 6.45) is 9.69. The van der Waals surface area contributed by atoms with Crippen molar-refractivity contribution in [2.75, 3.05) is 0 Å². The van der Waals surface area contributed by atoms with Gasteiger partial charge in [-0.3, -0.25) is 0 Å². The Bertz CT molecular complexity index is 799. The Morgan fingerprint density at radius 3 is 1.48 bits per heavy atom. The van der Waals surface area contributed by atoms with Crippen molar-refractivity contribution >= 4 is 0 Å². The van der Waals surface area contributed by atoms with Gasteiger partial charge in [0, 0.05) is 24.2 Å². The zero-order valence-corrected chi connectivity index (χ0v) is 19.7. The van der Waals surface area contributed by atoms with Gasteiger partial charge in [-0.1, -0.05) is 41.5 Å². The van der Waals surface area contributed by atoms with Gasteiger partial charge in [0.2, 0.25) is 0 Å². The standard InChI is InChI=1S/C25H40N4/c1-15(2)19-11-9-17(5)21-13-28(26-23(19)21)25(7,8)29-14-22-18(6)10-12-20(16(3)4)24(22)27-29/h13-20H,9-12H2,1-8H3. The third-order valence-electron chi connectivity index (χ3n) is 7.86. The average Bonchev–Trinajstić information content (AvgIpc) is 3.28. The summed E-state index contributed by atoms with van der Waals surface area (Å²) in [7, 11) is 0. The molecule has 4 nitrogen and oxygen atoms in total. The van der Waals surface area contributed by atoms with Crippen LogP contribution in [0.4, 0.5) is 0 Å². The highest BCUT2D eigenvalue weighted by Crippen LogP contribution is 2.44. The van der Waals surface area contributed by atoms with Crippen molar-refractivity contribution in [1.29, 1.82) is 0 Å². The second kappa shape index (κ2) is 7.28. The summed E-state index contributed by atoms with van der Waals surface area (Å²) in [5.74, 6) is 3.63. The third kappa shape index (κ3) is 3.37. The molecule has 4 atom stereocenters. The lowest BCUT2D eigenvalue weighted by molar-refractivity contribution is 0.230. The molecule has 0 spiro atoms. The fourth-order valence-electron chi connectivity index (χ4n) is 5.54. The summed E-state index contributed by atoms with van der Waals surface area (Å²) in [4.78, 5) is 0. The van der Waals surface area contributed by atoms with Crippen molar-refractivity contribution < 1.29 is 0 Å². The summed E-state index contributed by atoms with van der Waals surface area (Å²) in [5.41, 5.74) is 5.26. The molecule has 2 aromatic heterocycles. The van der Waals surface area contributed by atoms with E-state index in [0.717, 1.165) is 0 Å². The maximum absolute atomic E-state index is 5.19. The molecule has 0 N–H and O–H groups in total. The molecule has 160 valence electrons. The highest BCUT2D eigenvalue weighted by atomic mass is 15.5. The highest BCUT2D eigenvalue weighted by Gasteiger charge is 2.36. The zero-order valence-electron chi connectivity index (χ0n) is 19.7. The largest absolute Gasteiger partial charge is 0.245 e. The SMILES string of the molecule is CC1CCC(C(C)C)c2nn(C(C)(C)n3cc4c(n3)C(C(C)C)CCC4C)cc21. The van der Waals surface area contributed by atoms with E-state index in [9.17, 15) is 0 Å². The molecular weight excluding hydrogens is 356 g/mol. The first kappa shape index (κ1) is 20.7. The molecule has 0 aromatic carbocycles. The molecule has 2 aliphatic carbocycles. The molecule has 29 heavy (non-hydrogen) atoms. The predicted octanol–water partition coefficient (Wildman–Crippen LogP) is 6.59. The van der Waals surface area contributed by atoms with Crippen LogP contribution in [-0.4, -0.2) is 19.6 Å². The van der Waals surface area contributed by atoms with Crippen molar-refractivity contribution in [3.05, 3.63) is 34.9 Å². The van der Waals surface area contributed by atoms with Crippen molar-refractivity contribution in [2.24, 2.45) is 11.8 Å². The van der Waals surface area contributed by atoms with Crippen molar-refractivity contribution in [1.82, 2.24) is 19.6 Å². The zero-order chi connectivity index (χ0) is 21.1. The van der Waals surface area contributed by atoms with Crippen LogP contribution < -0.4 is 0 Å². The van der Waals surface area contributed by atoms with Gasteiger partial charge in [0.05, 0.1) is 11.4 Å². The molecular formula is C25H40N4. The summed E-state index contributed by atoms with van der Waals surface area (Å²) in [6.45, 7) is 18.6. The van der Waals surface area contributed by atoms with Crippen LogP contribution in [0.5, 0.6) is 0 Å². The van der Waals surface area contributed by atoms with Gasteiger partial charge in [0.25, 0.3) is 0 Å². The molecule has 2 aliphatic rings. The van der Waals surface area contributed by atoms with Crippen LogP contribution in [-0.2, 0) is 5.66 Å². The molecule has 0 saturated heterocycles. The number of aromatic nitrogens is 4. The molecule has 2 aromatic rings. The van der Waals surface area contributed by atoms with Crippen LogP contribution in [0.25, 0.3) is 0 Å². The summed E-state index contributed by atoms with van der Waals surface area (Å²) in [6, 6.07) is 0. The minimum atomic E-state index is -0.308. The lowest BCUT2D eigenvalue weighted by atomic mass is 9.77. The van der Waals surface area contributed by atoms with E-state index >= 15 is 0 Å². The van der Waals surface area contributed by atoms with Gasteiger partial charge >= 0.3 is 0 Å². The number of nitrogens with zero attached hydrogens (tertiary/aromatic N) is 4. The fraction of sp³-hybridized carbons (Fsp3) is 0.760. The molecule has 0 amide bonds. The molecule has 4 unspecified atom stereocenters. The molecule has 0 aliphatic heterocycles. The van der Waals surface area contributed by atoms with Crippen LogP contribution >= 0.6 is 0 Å². The average molecular weight is 397 g/mol. The van der Waals surface area contributed by atoms with Crippen molar-refractivity contribution in [3.8, 4) is 0 Å². The maximum Gasteiger partial charge on any atom is 0.148 e. The van der Waals surface area contributed by atoms with Crippen molar-refractivity contribution in [2.45, 2.75) is 110 Å². The molecule has 0 bridgehead atoms. The lowest BCUT2D eigenvalue weighted by Gasteiger charge is -2.28. The Balaban J connectivity index is 1.75. The number of rotatable bonds is 4. The van der Waals surface area contributed by atoms with Gasteiger partial charge in [0.15, 0.2) is 0 Å². The van der Waals surface area contributed by atoms with Gasteiger partial charge in [-0.15, -0.1) is 0 Å². The first-order valence-electron chi connectivity index (χ1n) is 11.8. The second-order valence-corrected chi connectivity index (χ2v) is 11.0. The van der Waals surface area contributed by atoms with E-state index in [2.05, 4.69) is 77.1 Å². The Morgan fingerprint density at radius 2 is 1.14 bits per heavy atom. The summed E-state index contributed by atoms with van der Waals surface area (Å²) < 4.78 is 4.39. The summed E-state index contributed by atoms with van der Waals surface area (Å²) >= 11 is 0. The molecule has 0 saturated carbocycles. The summed E-state index contributed by atoms with van der Waals surface area (Å²) in [5, 5.41) is 10.4. The number of hydrogen-bond acceptors (Lipinski definition) is 2. The van der Waals surface area contributed by atoms with E-state index < -0.39 is 0 Å². The minimum Gasteiger partial charge on any atom is -0.245 e. The highest BCUT2D eigenvalue weighted by molar-refractivity contribution is 5.31. The van der Waals surface area contributed by atoms with Crippen LogP contribution in [0, 0.1) is 11.8 Å². The molecule has 4 heteroatoms. The number of hydrogen-bond donors (Lipinski definition) is 0. The van der Waals surface area contributed by atoms with Crippen LogP contribution in [0.2, 0.25) is 0 Å². The van der Waals surface area contributed by atoms with Gasteiger partial charge in [-0.05, 0) is 74.3 Å². The van der Waals surface area contributed by atoms with Crippen LogP contribution in [0.3, 0.4) is 0 Å². The minimum absolute atomic E-state index is 0.308. The lowest BCUT2D eigenvalue weighted by Crippen LogP contribution is -2.36. The maximum atomic E-state index is 5.19. The van der Waals surface area contributed by atoms with E-state index in [-0.39, 0.29) is 5.66 Å². The molecule has 0 fully saturated rings. The van der Waals surface area contributed by atoms with Gasteiger partial charge in [-0.25, -0.2) is 9.36 Å². The van der Waals surface area contributed by atoms with Crippen LogP contribution in [0.1, 0.15) is 127 Å². The monoisotopic (exact) mass is 396 g/mol. The molecule has 0 radical (unpaired) electrons. The van der Waals surface area contributed by atoms with E-state index in [1.807, 2.05) is 0 Å². The van der Waals surface area contributed by atoms with E-state index in [0.29, 0.717) is 35.5 Å². The predicted molar refractivity (Wildman–Crippen MR) is 120 cm³/mol.